The van der Waals surface area contributed by atoms with Crippen molar-refractivity contribution in [2.75, 3.05) is 23.6 Å². The molecule has 0 aliphatic rings. The van der Waals surface area contributed by atoms with Gasteiger partial charge in [-0.2, -0.15) is 0 Å². The first kappa shape index (κ1) is 19.1. The fourth-order valence-electron chi connectivity index (χ4n) is 1.73. The number of rotatable bonds is 7. The number of aromatic carboxylic acids is 1. The number of hydrogen-bond acceptors (Lipinski definition) is 6. The standard InChI is InChI=1S/C13H17NO7S2/c1-22(18,19)5-3-4-12(15)14-10-6-9(13(16)17)7-11(8-10)23(2,20)21/h6-8H,3-5H2,1-2H3,(H,14,15)(H,16,17). The highest BCUT2D eigenvalue weighted by Gasteiger charge is 2.15. The summed E-state index contributed by atoms with van der Waals surface area (Å²) >= 11 is 0. The monoisotopic (exact) mass is 363 g/mol. The lowest BCUT2D eigenvalue weighted by Crippen LogP contribution is -2.14. The number of benzene rings is 1. The van der Waals surface area contributed by atoms with Crippen LogP contribution in [-0.2, 0) is 24.5 Å². The van der Waals surface area contributed by atoms with Crippen LogP contribution < -0.4 is 5.32 Å². The van der Waals surface area contributed by atoms with Crippen molar-refractivity contribution < 1.29 is 31.5 Å². The van der Waals surface area contributed by atoms with Crippen LogP contribution in [0.25, 0.3) is 0 Å². The second-order valence-electron chi connectivity index (χ2n) is 5.10. The maximum atomic E-state index is 11.7. The Morgan fingerprint density at radius 3 is 2.17 bits per heavy atom. The van der Waals surface area contributed by atoms with Crippen LogP contribution in [-0.4, -0.2) is 52.1 Å². The molecular weight excluding hydrogens is 346 g/mol. The first-order chi connectivity index (χ1) is 10.4. The lowest BCUT2D eigenvalue weighted by molar-refractivity contribution is -0.116. The number of carbonyl (C=O) groups is 2. The van der Waals surface area contributed by atoms with Crippen LogP contribution in [0.15, 0.2) is 23.1 Å². The number of amides is 1. The number of nitrogens with one attached hydrogen (secondary N) is 1. The third-order valence-corrected chi connectivity index (χ3v) is 4.91. The zero-order valence-electron chi connectivity index (χ0n) is 12.6. The molecule has 0 aromatic heterocycles. The Labute approximate surface area is 134 Å². The van der Waals surface area contributed by atoms with Crippen molar-refractivity contribution in [1.82, 2.24) is 0 Å². The molecule has 1 aromatic rings. The first-order valence-electron chi connectivity index (χ1n) is 6.44. The van der Waals surface area contributed by atoms with Crippen molar-refractivity contribution in [1.29, 1.82) is 0 Å². The van der Waals surface area contributed by atoms with E-state index >= 15 is 0 Å². The molecule has 0 unspecified atom stereocenters. The van der Waals surface area contributed by atoms with Crippen LogP contribution in [0.3, 0.4) is 0 Å². The molecule has 1 aromatic carbocycles. The predicted molar refractivity (Wildman–Crippen MR) is 84.1 cm³/mol. The molecule has 1 amide bonds. The molecule has 0 aliphatic heterocycles. The summed E-state index contributed by atoms with van der Waals surface area (Å²) in [6.07, 6.45) is 2.01. The number of carboxylic acids is 1. The predicted octanol–water partition coefficient (Wildman–Crippen LogP) is 0.552. The molecule has 2 N–H and O–H groups in total. The summed E-state index contributed by atoms with van der Waals surface area (Å²) < 4.78 is 45.1. The van der Waals surface area contributed by atoms with Crippen LogP contribution >= 0.6 is 0 Å². The number of hydrogen-bond donors (Lipinski definition) is 2. The molecule has 0 spiro atoms. The summed E-state index contributed by atoms with van der Waals surface area (Å²) in [4.78, 5) is 22.5. The molecule has 0 radical (unpaired) electrons. The second kappa shape index (κ2) is 7.09. The average Bonchev–Trinajstić information content (AvgIpc) is 2.35. The van der Waals surface area contributed by atoms with Crippen LogP contribution in [0.5, 0.6) is 0 Å². The van der Waals surface area contributed by atoms with Gasteiger partial charge in [0.2, 0.25) is 5.91 Å². The highest BCUT2D eigenvalue weighted by Crippen LogP contribution is 2.19. The van der Waals surface area contributed by atoms with Crippen molar-refractivity contribution in [3.05, 3.63) is 23.8 Å². The van der Waals surface area contributed by atoms with E-state index in [0.29, 0.717) is 0 Å². The van der Waals surface area contributed by atoms with Gasteiger partial charge in [0.25, 0.3) is 0 Å². The van der Waals surface area contributed by atoms with E-state index in [1.807, 2.05) is 0 Å². The summed E-state index contributed by atoms with van der Waals surface area (Å²) in [5, 5.41) is 11.4. The lowest BCUT2D eigenvalue weighted by Gasteiger charge is -2.08. The maximum absolute atomic E-state index is 11.7. The van der Waals surface area contributed by atoms with Gasteiger partial charge in [0.05, 0.1) is 16.2 Å². The van der Waals surface area contributed by atoms with Crippen LogP contribution in [0, 0.1) is 0 Å². The summed E-state index contributed by atoms with van der Waals surface area (Å²) in [6, 6.07) is 3.28. The van der Waals surface area contributed by atoms with E-state index in [2.05, 4.69) is 5.32 Å². The average molecular weight is 363 g/mol. The fourth-order valence-corrected chi connectivity index (χ4v) is 3.08. The van der Waals surface area contributed by atoms with Gasteiger partial charge in [0, 0.05) is 24.6 Å². The maximum Gasteiger partial charge on any atom is 0.335 e. The van der Waals surface area contributed by atoms with Gasteiger partial charge in [0.1, 0.15) is 9.84 Å². The van der Waals surface area contributed by atoms with Gasteiger partial charge in [-0.15, -0.1) is 0 Å². The van der Waals surface area contributed by atoms with Gasteiger partial charge in [-0.05, 0) is 24.6 Å². The van der Waals surface area contributed by atoms with E-state index < -0.39 is 31.6 Å². The second-order valence-corrected chi connectivity index (χ2v) is 9.38. The Morgan fingerprint density at radius 2 is 1.70 bits per heavy atom. The number of sulfone groups is 2. The lowest BCUT2D eigenvalue weighted by atomic mass is 10.2. The third-order valence-electron chi connectivity index (χ3n) is 2.78. The summed E-state index contributed by atoms with van der Waals surface area (Å²) in [5.41, 5.74) is -0.256. The van der Waals surface area contributed by atoms with Crippen LogP contribution in [0.2, 0.25) is 0 Å². The van der Waals surface area contributed by atoms with E-state index in [-0.39, 0.29) is 34.7 Å². The molecule has 0 bridgehead atoms. The Morgan fingerprint density at radius 1 is 1.09 bits per heavy atom. The van der Waals surface area contributed by atoms with Gasteiger partial charge in [-0.25, -0.2) is 21.6 Å². The smallest absolute Gasteiger partial charge is 0.335 e. The highest BCUT2D eigenvalue weighted by molar-refractivity contribution is 7.91. The Kier molecular flexibility index (Phi) is 5.89. The van der Waals surface area contributed by atoms with Gasteiger partial charge >= 0.3 is 5.97 Å². The molecule has 23 heavy (non-hydrogen) atoms. The van der Waals surface area contributed by atoms with Crippen LogP contribution in [0.4, 0.5) is 5.69 Å². The van der Waals surface area contributed by atoms with Crippen molar-refractivity contribution in [3.8, 4) is 0 Å². The number of anilines is 1. The van der Waals surface area contributed by atoms with Gasteiger partial charge in [-0.3, -0.25) is 4.79 Å². The Hall–Kier alpha value is -1.94. The Bertz CT molecular complexity index is 826. The van der Waals surface area contributed by atoms with Crippen LogP contribution in [0.1, 0.15) is 23.2 Å². The Balaban J connectivity index is 2.93. The van der Waals surface area contributed by atoms with Gasteiger partial charge in [0.15, 0.2) is 9.84 Å². The third kappa shape index (κ3) is 6.78. The molecule has 0 heterocycles. The summed E-state index contributed by atoms with van der Waals surface area (Å²) in [7, 11) is -6.82. The molecule has 0 aliphatic carbocycles. The zero-order chi connectivity index (χ0) is 17.8. The van der Waals surface area contributed by atoms with E-state index in [1.54, 1.807) is 0 Å². The SMILES string of the molecule is CS(=O)(=O)CCCC(=O)Nc1cc(C(=O)O)cc(S(C)(=O)=O)c1. The summed E-state index contributed by atoms with van der Waals surface area (Å²) in [6.45, 7) is 0. The number of carboxylic acid groups (broad SMARTS) is 1. The molecule has 0 fully saturated rings. The zero-order valence-corrected chi connectivity index (χ0v) is 14.2. The highest BCUT2D eigenvalue weighted by atomic mass is 32.2. The molecule has 128 valence electrons. The molecule has 0 atom stereocenters. The van der Waals surface area contributed by atoms with Crippen molar-refractivity contribution in [3.63, 3.8) is 0 Å². The van der Waals surface area contributed by atoms with E-state index in [9.17, 15) is 26.4 Å². The van der Waals surface area contributed by atoms with Crippen molar-refractivity contribution >= 4 is 37.2 Å². The van der Waals surface area contributed by atoms with Gasteiger partial charge < -0.3 is 10.4 Å². The quantitative estimate of drug-likeness (QED) is 0.722. The van der Waals surface area contributed by atoms with E-state index in [4.69, 9.17) is 5.11 Å². The largest absolute Gasteiger partial charge is 0.478 e. The first-order valence-corrected chi connectivity index (χ1v) is 10.4. The van der Waals surface area contributed by atoms with Crippen molar-refractivity contribution in [2.45, 2.75) is 17.7 Å². The molecule has 1 rings (SSSR count). The minimum absolute atomic E-state index is 0.0229. The van der Waals surface area contributed by atoms with Crippen molar-refractivity contribution in [2.24, 2.45) is 0 Å². The molecule has 0 saturated carbocycles. The molecule has 0 saturated heterocycles. The minimum atomic E-state index is -3.65. The van der Waals surface area contributed by atoms with Gasteiger partial charge in [-0.1, -0.05) is 0 Å². The molecule has 8 nitrogen and oxygen atoms in total. The normalized spacial score (nSPS) is 11.9. The molecule has 10 heteroatoms. The minimum Gasteiger partial charge on any atom is -0.478 e. The molecular formula is C13H17NO7S2. The number of carbonyl (C=O) groups excluding carboxylic acids is 1. The van der Waals surface area contributed by atoms with E-state index in [1.165, 1.54) is 0 Å². The summed E-state index contributed by atoms with van der Waals surface area (Å²) in [5.74, 6) is -2.01. The fraction of sp³-hybridized carbons (Fsp3) is 0.385. The van der Waals surface area contributed by atoms with E-state index in [0.717, 1.165) is 30.7 Å². The topological polar surface area (TPSA) is 135 Å².